The van der Waals surface area contributed by atoms with Crippen LogP contribution < -0.4 is 5.73 Å². The first-order valence-electron chi connectivity index (χ1n) is 6.09. The van der Waals surface area contributed by atoms with E-state index in [0.29, 0.717) is 17.7 Å². The number of nitrogens with zero attached hydrogens (tertiary/aromatic N) is 4. The zero-order valence-corrected chi connectivity index (χ0v) is 11.0. The van der Waals surface area contributed by atoms with Crippen LogP contribution in [-0.2, 0) is 6.42 Å². The largest absolute Gasteiger partial charge is 0.382 e. The third kappa shape index (κ3) is 2.33. The molecular weight excluding hydrogens is 246 g/mol. The van der Waals surface area contributed by atoms with Crippen molar-refractivity contribution in [2.45, 2.75) is 32.1 Å². The maximum Gasteiger partial charge on any atom is 0.146 e. The zero-order valence-electron chi connectivity index (χ0n) is 10.2. The van der Waals surface area contributed by atoms with Crippen molar-refractivity contribution in [1.29, 1.82) is 0 Å². The van der Waals surface area contributed by atoms with Crippen LogP contribution >= 0.6 is 11.3 Å². The van der Waals surface area contributed by atoms with Crippen molar-refractivity contribution in [2.75, 3.05) is 5.73 Å². The van der Waals surface area contributed by atoms with Crippen LogP contribution in [0.1, 0.15) is 34.5 Å². The lowest BCUT2D eigenvalue weighted by molar-refractivity contribution is 0.259. The van der Waals surface area contributed by atoms with E-state index in [-0.39, 0.29) is 0 Å². The molecule has 1 aliphatic rings. The average Bonchev–Trinajstić information content (AvgIpc) is 2.72. The highest BCUT2D eigenvalue weighted by Gasteiger charge is 2.32. The van der Waals surface area contributed by atoms with E-state index in [9.17, 15) is 0 Å². The zero-order chi connectivity index (χ0) is 12.5. The molecular formula is C12H15N5S. The van der Waals surface area contributed by atoms with Gasteiger partial charge in [0.15, 0.2) is 0 Å². The highest BCUT2D eigenvalue weighted by Crippen LogP contribution is 2.43. The minimum atomic E-state index is 0.481. The van der Waals surface area contributed by atoms with Crippen molar-refractivity contribution in [3.8, 4) is 0 Å². The molecule has 2 aromatic rings. The van der Waals surface area contributed by atoms with Gasteiger partial charge >= 0.3 is 0 Å². The molecule has 0 unspecified atom stereocenters. The first-order chi connectivity index (χ1) is 8.70. The van der Waals surface area contributed by atoms with Crippen LogP contribution in [0.4, 0.5) is 5.82 Å². The van der Waals surface area contributed by atoms with Gasteiger partial charge in [0.05, 0.1) is 5.69 Å². The second-order valence-corrected chi connectivity index (χ2v) is 6.06. The summed E-state index contributed by atoms with van der Waals surface area (Å²) in [6, 6.07) is 3.78. The van der Waals surface area contributed by atoms with Crippen LogP contribution in [0.25, 0.3) is 0 Å². The van der Waals surface area contributed by atoms with Gasteiger partial charge in [-0.05, 0) is 44.2 Å². The highest BCUT2D eigenvalue weighted by atomic mass is 32.1. The molecule has 0 bridgehead atoms. The van der Waals surface area contributed by atoms with Gasteiger partial charge < -0.3 is 5.73 Å². The molecule has 1 aliphatic carbocycles. The molecule has 2 aromatic heterocycles. The van der Waals surface area contributed by atoms with Crippen molar-refractivity contribution in [1.82, 2.24) is 20.4 Å². The van der Waals surface area contributed by atoms with Gasteiger partial charge in [0.25, 0.3) is 0 Å². The lowest BCUT2D eigenvalue weighted by Gasteiger charge is -2.33. The monoisotopic (exact) mass is 261 g/mol. The minimum absolute atomic E-state index is 0.481. The molecule has 5 nitrogen and oxygen atoms in total. The Kier molecular flexibility index (Phi) is 2.95. The summed E-state index contributed by atoms with van der Waals surface area (Å²) >= 11 is 1.72. The third-order valence-corrected chi connectivity index (χ3v) is 4.37. The number of rotatable bonds is 3. The molecule has 0 saturated heterocycles. The van der Waals surface area contributed by atoms with E-state index < -0.39 is 0 Å². The number of aromatic nitrogens is 4. The van der Waals surface area contributed by atoms with E-state index in [1.807, 2.05) is 19.1 Å². The van der Waals surface area contributed by atoms with Gasteiger partial charge in [-0.2, -0.15) is 5.10 Å². The normalized spacial score (nSPS) is 22.7. The van der Waals surface area contributed by atoms with Crippen molar-refractivity contribution in [2.24, 2.45) is 5.92 Å². The fourth-order valence-corrected chi connectivity index (χ4v) is 3.18. The lowest BCUT2D eigenvalue weighted by atomic mass is 9.73. The lowest BCUT2D eigenvalue weighted by Crippen LogP contribution is -2.24. The molecule has 3 rings (SSSR count). The van der Waals surface area contributed by atoms with Gasteiger partial charge in [0.2, 0.25) is 0 Å². The first kappa shape index (κ1) is 11.5. The maximum absolute atomic E-state index is 5.52. The quantitative estimate of drug-likeness (QED) is 0.913. The number of nitrogens with two attached hydrogens (primary N) is 1. The van der Waals surface area contributed by atoms with E-state index in [1.165, 1.54) is 17.8 Å². The van der Waals surface area contributed by atoms with Gasteiger partial charge in [0, 0.05) is 5.92 Å². The molecule has 0 spiro atoms. The molecule has 2 heterocycles. The average molecular weight is 261 g/mol. The molecule has 94 valence electrons. The number of hydrogen-bond acceptors (Lipinski definition) is 6. The third-order valence-electron chi connectivity index (χ3n) is 3.36. The second-order valence-electron chi connectivity index (χ2n) is 4.85. The predicted octanol–water partition coefficient (Wildman–Crippen LogP) is 1.96. The second kappa shape index (κ2) is 4.61. The molecule has 0 amide bonds. The molecule has 0 radical (unpaired) electrons. The van der Waals surface area contributed by atoms with Crippen molar-refractivity contribution >= 4 is 17.2 Å². The van der Waals surface area contributed by atoms with E-state index in [1.54, 1.807) is 11.3 Å². The van der Waals surface area contributed by atoms with E-state index in [2.05, 4.69) is 20.4 Å². The molecule has 0 aromatic carbocycles. The van der Waals surface area contributed by atoms with Crippen LogP contribution in [-0.4, -0.2) is 20.4 Å². The molecule has 2 N–H and O–H groups in total. The van der Waals surface area contributed by atoms with Crippen LogP contribution in [0.2, 0.25) is 0 Å². The first-order valence-corrected chi connectivity index (χ1v) is 6.90. The predicted molar refractivity (Wildman–Crippen MR) is 70.3 cm³/mol. The Morgan fingerprint density at radius 2 is 2.06 bits per heavy atom. The van der Waals surface area contributed by atoms with E-state index in [4.69, 9.17) is 5.73 Å². The molecule has 0 aliphatic heterocycles. The Morgan fingerprint density at radius 3 is 2.67 bits per heavy atom. The summed E-state index contributed by atoms with van der Waals surface area (Å²) in [7, 11) is 0. The summed E-state index contributed by atoms with van der Waals surface area (Å²) in [5.41, 5.74) is 6.55. The fraction of sp³-hybridized carbons (Fsp3) is 0.500. The fourth-order valence-electron chi connectivity index (χ4n) is 2.36. The van der Waals surface area contributed by atoms with Crippen molar-refractivity contribution < 1.29 is 0 Å². The van der Waals surface area contributed by atoms with Crippen LogP contribution in [0.5, 0.6) is 0 Å². The molecule has 6 heteroatoms. The van der Waals surface area contributed by atoms with Crippen LogP contribution in [0.3, 0.4) is 0 Å². The summed E-state index contributed by atoms with van der Waals surface area (Å²) < 4.78 is 0. The van der Waals surface area contributed by atoms with Gasteiger partial charge in [-0.15, -0.1) is 26.6 Å². The van der Waals surface area contributed by atoms with Crippen LogP contribution in [0, 0.1) is 12.8 Å². The Morgan fingerprint density at radius 1 is 1.22 bits per heavy atom. The van der Waals surface area contributed by atoms with Gasteiger partial charge in [-0.25, -0.2) is 0 Å². The summed E-state index contributed by atoms with van der Waals surface area (Å²) in [5, 5.41) is 18.5. The SMILES string of the molecule is Cc1nnc([C@H]2C[C@@H](Cc3ccc(N)nn3)C2)s1. The van der Waals surface area contributed by atoms with Crippen molar-refractivity contribution in [3.05, 3.63) is 27.8 Å². The number of aryl methyl sites for hydroxylation is 1. The molecule has 1 fully saturated rings. The number of hydrogen-bond donors (Lipinski definition) is 1. The Bertz CT molecular complexity index is 530. The summed E-state index contributed by atoms with van der Waals surface area (Å²) in [6.07, 6.45) is 3.35. The number of anilines is 1. The van der Waals surface area contributed by atoms with Crippen LogP contribution in [0.15, 0.2) is 12.1 Å². The van der Waals surface area contributed by atoms with Crippen molar-refractivity contribution in [3.63, 3.8) is 0 Å². The van der Waals surface area contributed by atoms with Gasteiger partial charge in [-0.3, -0.25) is 0 Å². The summed E-state index contributed by atoms with van der Waals surface area (Å²) in [4.78, 5) is 0. The van der Waals surface area contributed by atoms with E-state index in [0.717, 1.165) is 17.1 Å². The topological polar surface area (TPSA) is 77.6 Å². The maximum atomic E-state index is 5.52. The highest BCUT2D eigenvalue weighted by molar-refractivity contribution is 7.11. The molecule has 1 saturated carbocycles. The smallest absolute Gasteiger partial charge is 0.146 e. The number of nitrogen functional groups attached to an aromatic ring is 1. The summed E-state index contributed by atoms with van der Waals surface area (Å²) in [6.45, 7) is 2.00. The van der Waals surface area contributed by atoms with E-state index >= 15 is 0 Å². The molecule has 0 atom stereocenters. The summed E-state index contributed by atoms with van der Waals surface area (Å²) in [5.74, 6) is 1.77. The van der Waals surface area contributed by atoms with Gasteiger partial charge in [-0.1, -0.05) is 0 Å². The van der Waals surface area contributed by atoms with Gasteiger partial charge in [0.1, 0.15) is 15.8 Å². The standard InChI is InChI=1S/C12H15N5S/c1-7-14-17-12(18-7)9-4-8(5-9)6-10-2-3-11(13)16-15-10/h2-3,8-9H,4-6H2,1H3,(H2,13,16)/t8-,9+. The Labute approximate surface area is 109 Å². The Hall–Kier alpha value is -1.56. The molecule has 18 heavy (non-hydrogen) atoms. The minimum Gasteiger partial charge on any atom is -0.382 e. The Balaban J connectivity index is 1.55.